The Morgan fingerprint density at radius 3 is 1.21 bits per heavy atom. The van der Waals surface area contributed by atoms with Gasteiger partial charge in [-0.1, -0.05) is 202 Å². The average molecular weight is 723 g/mol. The third kappa shape index (κ3) is 41.8. The lowest BCUT2D eigenvalue weighted by atomic mass is 10.0. The summed E-state index contributed by atoms with van der Waals surface area (Å²) >= 11 is 0. The monoisotopic (exact) mass is 723 g/mol. The van der Waals surface area contributed by atoms with E-state index in [1.807, 2.05) is 0 Å². The van der Waals surface area contributed by atoms with Crippen molar-refractivity contribution in [3.05, 3.63) is 72.9 Å². The number of carbonyl (C=O) groups excluding carboxylic acids is 1. The first kappa shape index (κ1) is 49.4. The summed E-state index contributed by atoms with van der Waals surface area (Å²) in [7, 11) is 0. The van der Waals surface area contributed by atoms with Crippen molar-refractivity contribution in [3.8, 4) is 0 Å². The van der Waals surface area contributed by atoms with Crippen molar-refractivity contribution < 1.29 is 19.4 Å². The number of carbonyl (C=O) groups is 2. The summed E-state index contributed by atoms with van der Waals surface area (Å²) in [5.74, 6) is -1.15. The molecule has 0 heterocycles. The molecule has 0 bridgehead atoms. The molecule has 298 valence electrons. The molecule has 0 aromatic carbocycles. The number of unbranched alkanes of at least 4 members (excludes halogenated alkanes) is 20. The predicted molar refractivity (Wildman–Crippen MR) is 227 cm³/mol. The summed E-state index contributed by atoms with van der Waals surface area (Å²) < 4.78 is 5.58. The highest BCUT2D eigenvalue weighted by Gasteiger charge is 2.17. The van der Waals surface area contributed by atoms with E-state index in [4.69, 9.17) is 4.74 Å². The lowest BCUT2D eigenvalue weighted by Crippen LogP contribution is -2.21. The Hall–Kier alpha value is -2.62. The molecule has 0 aliphatic heterocycles. The van der Waals surface area contributed by atoms with Crippen LogP contribution in [0.3, 0.4) is 0 Å². The summed E-state index contributed by atoms with van der Waals surface area (Å²) in [6, 6.07) is 0. The van der Waals surface area contributed by atoms with E-state index in [1.54, 1.807) is 0 Å². The van der Waals surface area contributed by atoms with Crippen molar-refractivity contribution in [3.63, 3.8) is 0 Å². The molecule has 0 aliphatic carbocycles. The van der Waals surface area contributed by atoms with Crippen LogP contribution in [0.5, 0.6) is 0 Å². The van der Waals surface area contributed by atoms with Crippen LogP contribution in [0, 0.1) is 0 Å². The number of hydrogen-bond acceptors (Lipinski definition) is 3. The molecular weight excluding hydrogens is 641 g/mol. The van der Waals surface area contributed by atoms with Crippen LogP contribution < -0.4 is 0 Å². The van der Waals surface area contributed by atoms with Gasteiger partial charge >= 0.3 is 11.9 Å². The van der Waals surface area contributed by atoms with Crippen molar-refractivity contribution in [2.45, 2.75) is 219 Å². The van der Waals surface area contributed by atoms with Crippen LogP contribution in [-0.4, -0.2) is 23.1 Å². The van der Waals surface area contributed by atoms with Crippen LogP contribution in [0.1, 0.15) is 213 Å². The maximum absolute atomic E-state index is 12.4. The first-order valence-electron chi connectivity index (χ1n) is 21.9. The first-order valence-corrected chi connectivity index (χ1v) is 21.9. The van der Waals surface area contributed by atoms with Crippen molar-refractivity contribution in [1.29, 1.82) is 0 Å². The molecule has 4 heteroatoms. The molecule has 0 aromatic heterocycles. The molecule has 0 saturated carbocycles. The molecule has 0 amide bonds. The van der Waals surface area contributed by atoms with Crippen LogP contribution in [0.25, 0.3) is 0 Å². The maximum Gasteiger partial charge on any atom is 0.307 e. The second-order valence-electron chi connectivity index (χ2n) is 14.5. The summed E-state index contributed by atoms with van der Waals surface area (Å²) in [4.78, 5) is 23.7. The van der Waals surface area contributed by atoms with Crippen LogP contribution in [-0.2, 0) is 14.3 Å². The topological polar surface area (TPSA) is 63.6 Å². The van der Waals surface area contributed by atoms with Crippen LogP contribution >= 0.6 is 0 Å². The Morgan fingerprint density at radius 1 is 0.462 bits per heavy atom. The Labute approximate surface area is 322 Å². The average Bonchev–Trinajstić information content (AvgIpc) is 3.13. The number of carboxylic acids is 1. The first-order chi connectivity index (χ1) is 25.6. The molecule has 0 rings (SSSR count). The van der Waals surface area contributed by atoms with Crippen LogP contribution in [0.4, 0.5) is 0 Å². The molecule has 0 saturated heterocycles. The van der Waals surface area contributed by atoms with E-state index < -0.39 is 12.1 Å². The van der Waals surface area contributed by atoms with Gasteiger partial charge in [0.15, 0.2) is 0 Å². The van der Waals surface area contributed by atoms with Crippen LogP contribution in [0.15, 0.2) is 72.9 Å². The lowest BCUT2D eigenvalue weighted by Gasteiger charge is -2.16. The number of aliphatic carboxylic acids is 1. The van der Waals surface area contributed by atoms with E-state index in [1.165, 1.54) is 109 Å². The molecule has 1 atom stereocenters. The summed E-state index contributed by atoms with van der Waals surface area (Å²) in [6.45, 7) is 4.44. The minimum absolute atomic E-state index is 0.0939. The molecule has 1 N–H and O–H groups in total. The van der Waals surface area contributed by atoms with Crippen molar-refractivity contribution in [2.24, 2.45) is 0 Å². The Kier molecular flexibility index (Phi) is 40.6. The molecule has 0 fully saturated rings. The van der Waals surface area contributed by atoms with Gasteiger partial charge in [-0.3, -0.25) is 9.59 Å². The largest absolute Gasteiger partial charge is 0.481 e. The highest BCUT2D eigenvalue weighted by molar-refractivity contribution is 5.71. The molecule has 0 radical (unpaired) electrons. The van der Waals surface area contributed by atoms with Gasteiger partial charge in [-0.25, -0.2) is 0 Å². The van der Waals surface area contributed by atoms with Crippen molar-refractivity contribution in [1.82, 2.24) is 0 Å². The van der Waals surface area contributed by atoms with E-state index in [0.29, 0.717) is 12.8 Å². The van der Waals surface area contributed by atoms with Gasteiger partial charge in [0.1, 0.15) is 6.10 Å². The van der Waals surface area contributed by atoms with Crippen molar-refractivity contribution in [2.75, 3.05) is 0 Å². The molecule has 0 aliphatic rings. The van der Waals surface area contributed by atoms with Gasteiger partial charge in [0.2, 0.25) is 0 Å². The van der Waals surface area contributed by atoms with E-state index in [-0.39, 0.29) is 12.4 Å². The fraction of sp³-hybridized carbons (Fsp3) is 0.708. The minimum Gasteiger partial charge on any atom is -0.481 e. The molecule has 52 heavy (non-hydrogen) atoms. The molecular formula is C48H82O4. The predicted octanol–water partition coefficient (Wildman–Crippen LogP) is 15.5. The summed E-state index contributed by atoms with van der Waals surface area (Å²) in [5.41, 5.74) is 0. The zero-order valence-electron chi connectivity index (χ0n) is 34.1. The fourth-order valence-corrected chi connectivity index (χ4v) is 6.26. The minimum atomic E-state index is -0.895. The Bertz CT molecular complexity index is 953. The number of hydrogen-bond donors (Lipinski definition) is 1. The highest BCUT2D eigenvalue weighted by Crippen LogP contribution is 2.17. The number of ether oxygens (including phenoxy) is 1. The highest BCUT2D eigenvalue weighted by atomic mass is 16.5. The second kappa shape index (κ2) is 42.8. The molecule has 4 nitrogen and oxygen atoms in total. The van der Waals surface area contributed by atoms with E-state index in [0.717, 1.165) is 70.6 Å². The quantitative estimate of drug-likeness (QED) is 0.0390. The normalized spacial score (nSPS) is 13.0. The smallest absolute Gasteiger partial charge is 0.307 e. The summed E-state index contributed by atoms with van der Waals surface area (Å²) in [5, 5.41) is 9.30. The van der Waals surface area contributed by atoms with Gasteiger partial charge in [0, 0.05) is 6.42 Å². The third-order valence-corrected chi connectivity index (χ3v) is 9.43. The van der Waals surface area contributed by atoms with Gasteiger partial charge in [0.05, 0.1) is 6.42 Å². The second-order valence-corrected chi connectivity index (χ2v) is 14.5. The number of esters is 1. The fourth-order valence-electron chi connectivity index (χ4n) is 6.26. The van der Waals surface area contributed by atoms with Crippen LogP contribution in [0.2, 0.25) is 0 Å². The Balaban J connectivity index is 3.73. The van der Waals surface area contributed by atoms with E-state index >= 15 is 0 Å². The Morgan fingerprint density at radius 2 is 0.827 bits per heavy atom. The third-order valence-electron chi connectivity index (χ3n) is 9.43. The molecule has 0 aromatic rings. The van der Waals surface area contributed by atoms with Gasteiger partial charge in [-0.2, -0.15) is 0 Å². The lowest BCUT2D eigenvalue weighted by molar-refractivity contribution is -0.153. The summed E-state index contributed by atoms with van der Waals surface area (Å²) in [6.07, 6.45) is 60.8. The maximum atomic E-state index is 12.4. The SMILES string of the molecule is CC/C=C\C/C=C\C/C=C\C/C=C\C/C=C\C/C=C\CCCCC(=O)OC(CCCCCCCCCCCCCCCCCCCCC)CC(=O)O. The van der Waals surface area contributed by atoms with Gasteiger partial charge in [-0.05, 0) is 70.6 Å². The van der Waals surface area contributed by atoms with E-state index in [9.17, 15) is 14.7 Å². The molecule has 1 unspecified atom stereocenters. The number of rotatable bonds is 39. The van der Waals surface area contributed by atoms with Gasteiger partial charge in [0.25, 0.3) is 0 Å². The van der Waals surface area contributed by atoms with E-state index in [2.05, 4.69) is 86.8 Å². The zero-order valence-corrected chi connectivity index (χ0v) is 34.1. The van der Waals surface area contributed by atoms with Gasteiger partial charge in [-0.15, -0.1) is 0 Å². The molecule has 0 spiro atoms. The van der Waals surface area contributed by atoms with Gasteiger partial charge < -0.3 is 9.84 Å². The standard InChI is InChI=1S/C48H82O4/c1-3-5-7-9-11-13-15-17-19-21-23-24-26-28-30-32-34-36-38-40-42-44-48(51)52-46(45-47(49)50)43-41-39-37-35-33-31-29-27-25-22-20-18-16-14-12-10-8-6-4-2/h5,7,11,13,17,19,23-24,28,30,34,36,46H,3-4,6,8-10,12,14-16,18,20-22,25-27,29,31-33,35,37-45H2,1-2H3,(H,49,50)/b7-5-,13-11-,19-17-,24-23-,30-28-,36-34-. The number of carboxylic acid groups (broad SMARTS) is 1. The number of allylic oxidation sites excluding steroid dienone is 12. The van der Waals surface area contributed by atoms with Crippen molar-refractivity contribution >= 4 is 11.9 Å². The zero-order chi connectivity index (χ0) is 37.8.